The number of carbonyl (C=O) groups excluding carboxylic acids is 2. The molecule has 0 saturated carbocycles. The SMILES string of the molecule is CCC(CC)NC(=O)C(NC(=O)Nc1ccccc1)C(C)C. The van der Waals surface area contributed by atoms with Gasteiger partial charge in [0.15, 0.2) is 0 Å². The molecule has 1 aromatic rings. The van der Waals surface area contributed by atoms with E-state index in [9.17, 15) is 9.59 Å². The van der Waals surface area contributed by atoms with E-state index in [0.717, 1.165) is 12.8 Å². The second kappa shape index (κ2) is 9.07. The normalized spacial score (nSPS) is 12.1. The predicted octanol–water partition coefficient (Wildman–Crippen LogP) is 3.14. The summed E-state index contributed by atoms with van der Waals surface area (Å²) < 4.78 is 0. The molecular weight excluding hydrogens is 278 g/mol. The van der Waals surface area contributed by atoms with Gasteiger partial charge in [0.1, 0.15) is 6.04 Å². The topological polar surface area (TPSA) is 70.2 Å². The van der Waals surface area contributed by atoms with Crippen molar-refractivity contribution in [3.63, 3.8) is 0 Å². The molecule has 1 rings (SSSR count). The van der Waals surface area contributed by atoms with Crippen molar-refractivity contribution in [2.45, 2.75) is 52.6 Å². The molecule has 0 fully saturated rings. The lowest BCUT2D eigenvalue weighted by molar-refractivity contribution is -0.124. The molecule has 3 amide bonds. The number of amides is 3. The largest absolute Gasteiger partial charge is 0.352 e. The highest BCUT2D eigenvalue weighted by Crippen LogP contribution is 2.07. The van der Waals surface area contributed by atoms with Gasteiger partial charge in [-0.1, -0.05) is 45.9 Å². The smallest absolute Gasteiger partial charge is 0.319 e. The quantitative estimate of drug-likeness (QED) is 0.724. The van der Waals surface area contributed by atoms with Gasteiger partial charge in [-0.2, -0.15) is 0 Å². The van der Waals surface area contributed by atoms with Crippen molar-refractivity contribution in [3.05, 3.63) is 30.3 Å². The Morgan fingerprint density at radius 1 is 1.00 bits per heavy atom. The summed E-state index contributed by atoms with van der Waals surface area (Å²) in [5.74, 6) is -0.122. The summed E-state index contributed by atoms with van der Waals surface area (Å²) >= 11 is 0. The van der Waals surface area contributed by atoms with Gasteiger partial charge in [0.25, 0.3) is 0 Å². The molecule has 1 atom stereocenters. The van der Waals surface area contributed by atoms with Gasteiger partial charge >= 0.3 is 6.03 Å². The lowest BCUT2D eigenvalue weighted by Gasteiger charge is -2.24. The molecule has 5 heteroatoms. The van der Waals surface area contributed by atoms with Crippen molar-refractivity contribution in [3.8, 4) is 0 Å². The van der Waals surface area contributed by atoms with Gasteiger partial charge in [0.2, 0.25) is 5.91 Å². The Morgan fingerprint density at radius 2 is 1.59 bits per heavy atom. The fraction of sp³-hybridized carbons (Fsp3) is 0.529. The molecule has 0 saturated heterocycles. The summed E-state index contributed by atoms with van der Waals surface area (Å²) in [7, 11) is 0. The van der Waals surface area contributed by atoms with Gasteiger partial charge in [-0.25, -0.2) is 4.79 Å². The van der Waals surface area contributed by atoms with Crippen molar-refractivity contribution >= 4 is 17.6 Å². The summed E-state index contributed by atoms with van der Waals surface area (Å²) in [6.45, 7) is 7.91. The Labute approximate surface area is 132 Å². The molecule has 3 N–H and O–H groups in total. The summed E-state index contributed by atoms with van der Waals surface area (Å²) in [4.78, 5) is 24.4. The molecule has 0 spiro atoms. The van der Waals surface area contributed by atoms with Gasteiger partial charge in [-0.05, 0) is 30.9 Å². The Hall–Kier alpha value is -2.04. The maximum atomic E-state index is 12.3. The predicted molar refractivity (Wildman–Crippen MR) is 89.7 cm³/mol. The highest BCUT2D eigenvalue weighted by molar-refractivity contribution is 5.93. The molecule has 0 bridgehead atoms. The van der Waals surface area contributed by atoms with Gasteiger partial charge in [0, 0.05) is 11.7 Å². The van der Waals surface area contributed by atoms with E-state index in [-0.39, 0.29) is 23.9 Å². The lowest BCUT2D eigenvalue weighted by Crippen LogP contribution is -2.52. The molecule has 0 radical (unpaired) electrons. The minimum absolute atomic E-state index is 0.0101. The van der Waals surface area contributed by atoms with Crippen LogP contribution in [0.2, 0.25) is 0 Å². The summed E-state index contributed by atoms with van der Waals surface area (Å²) in [6, 6.07) is 8.39. The average molecular weight is 305 g/mol. The highest BCUT2D eigenvalue weighted by Gasteiger charge is 2.25. The first-order valence-corrected chi connectivity index (χ1v) is 7.90. The number of hydrogen-bond acceptors (Lipinski definition) is 2. The number of hydrogen-bond donors (Lipinski definition) is 3. The van der Waals surface area contributed by atoms with Crippen LogP contribution in [0.25, 0.3) is 0 Å². The van der Waals surface area contributed by atoms with Gasteiger partial charge in [-0.3, -0.25) is 4.79 Å². The van der Waals surface area contributed by atoms with Crippen molar-refractivity contribution in [1.82, 2.24) is 10.6 Å². The summed E-state index contributed by atoms with van der Waals surface area (Å²) in [6.07, 6.45) is 1.76. The third kappa shape index (κ3) is 5.76. The third-order valence-corrected chi connectivity index (χ3v) is 3.60. The van der Waals surface area contributed by atoms with Crippen LogP contribution in [0.4, 0.5) is 10.5 Å². The van der Waals surface area contributed by atoms with E-state index >= 15 is 0 Å². The number of anilines is 1. The van der Waals surface area contributed by atoms with Crippen LogP contribution >= 0.6 is 0 Å². The van der Waals surface area contributed by atoms with Crippen molar-refractivity contribution in [2.75, 3.05) is 5.32 Å². The van der Waals surface area contributed by atoms with Gasteiger partial charge in [0.05, 0.1) is 0 Å². The third-order valence-electron chi connectivity index (χ3n) is 3.60. The first-order chi connectivity index (χ1) is 10.5. The van der Waals surface area contributed by atoms with Crippen LogP contribution in [-0.4, -0.2) is 24.0 Å². The Morgan fingerprint density at radius 3 is 2.09 bits per heavy atom. The fourth-order valence-corrected chi connectivity index (χ4v) is 2.15. The molecule has 1 aromatic carbocycles. The zero-order valence-electron chi connectivity index (χ0n) is 13.8. The van der Waals surface area contributed by atoms with Gasteiger partial charge < -0.3 is 16.0 Å². The van der Waals surface area contributed by atoms with E-state index in [1.807, 2.05) is 45.9 Å². The van der Waals surface area contributed by atoms with E-state index in [1.54, 1.807) is 12.1 Å². The van der Waals surface area contributed by atoms with Crippen LogP contribution in [-0.2, 0) is 4.79 Å². The zero-order chi connectivity index (χ0) is 16.5. The Balaban J connectivity index is 2.63. The molecule has 0 heterocycles. The van der Waals surface area contributed by atoms with Crippen LogP contribution < -0.4 is 16.0 Å². The number of carbonyl (C=O) groups is 2. The maximum absolute atomic E-state index is 12.3. The standard InChI is InChI=1S/C17H27N3O2/c1-5-13(6-2)18-16(21)15(12(3)4)20-17(22)19-14-10-8-7-9-11-14/h7-13,15H,5-6H2,1-4H3,(H,18,21)(H2,19,20,22). The van der Waals surface area contributed by atoms with Crippen molar-refractivity contribution in [2.24, 2.45) is 5.92 Å². The highest BCUT2D eigenvalue weighted by atomic mass is 16.2. The second-order valence-corrected chi connectivity index (χ2v) is 5.71. The maximum Gasteiger partial charge on any atom is 0.319 e. The molecule has 22 heavy (non-hydrogen) atoms. The molecule has 0 aliphatic carbocycles. The van der Waals surface area contributed by atoms with Crippen LogP contribution in [0.15, 0.2) is 30.3 Å². The minimum Gasteiger partial charge on any atom is -0.352 e. The number of urea groups is 1. The molecule has 0 aliphatic heterocycles. The average Bonchev–Trinajstić information content (AvgIpc) is 2.50. The molecule has 0 aromatic heterocycles. The molecule has 122 valence electrons. The summed E-state index contributed by atoms with van der Waals surface area (Å²) in [5.41, 5.74) is 0.697. The first kappa shape index (κ1) is 18.0. The molecule has 5 nitrogen and oxygen atoms in total. The molecule has 1 unspecified atom stereocenters. The van der Waals surface area contributed by atoms with Crippen LogP contribution in [0, 0.1) is 5.92 Å². The van der Waals surface area contributed by atoms with Gasteiger partial charge in [-0.15, -0.1) is 0 Å². The van der Waals surface area contributed by atoms with E-state index in [0.29, 0.717) is 5.69 Å². The number of nitrogens with one attached hydrogen (secondary N) is 3. The monoisotopic (exact) mass is 305 g/mol. The minimum atomic E-state index is -0.552. The van der Waals surface area contributed by atoms with Crippen LogP contribution in [0.1, 0.15) is 40.5 Å². The molecule has 0 aliphatic rings. The van der Waals surface area contributed by atoms with E-state index in [4.69, 9.17) is 0 Å². The number of para-hydroxylation sites is 1. The van der Waals surface area contributed by atoms with E-state index in [2.05, 4.69) is 16.0 Å². The fourth-order valence-electron chi connectivity index (χ4n) is 2.15. The Bertz CT molecular complexity index is 470. The van der Waals surface area contributed by atoms with Crippen LogP contribution in [0.3, 0.4) is 0 Å². The number of benzene rings is 1. The van der Waals surface area contributed by atoms with Crippen molar-refractivity contribution in [1.29, 1.82) is 0 Å². The van der Waals surface area contributed by atoms with E-state index < -0.39 is 6.04 Å². The first-order valence-electron chi connectivity index (χ1n) is 7.90. The van der Waals surface area contributed by atoms with Crippen LogP contribution in [0.5, 0.6) is 0 Å². The number of rotatable bonds is 7. The van der Waals surface area contributed by atoms with E-state index in [1.165, 1.54) is 0 Å². The lowest BCUT2D eigenvalue weighted by atomic mass is 10.0. The molecular formula is C17H27N3O2. The zero-order valence-corrected chi connectivity index (χ0v) is 13.8. The second-order valence-electron chi connectivity index (χ2n) is 5.71. The van der Waals surface area contributed by atoms with Crippen molar-refractivity contribution < 1.29 is 9.59 Å². The summed E-state index contributed by atoms with van der Waals surface area (Å²) in [5, 5.41) is 8.48. The Kier molecular flexibility index (Phi) is 7.43.